The molecule has 0 spiro atoms. The Hall–Kier alpha value is -6.82. The Labute approximate surface area is 338 Å². The molecule has 59 heavy (non-hydrogen) atoms. The van der Waals surface area contributed by atoms with E-state index in [4.69, 9.17) is 21.3 Å². The minimum absolute atomic E-state index is 0.0246. The molecule has 1 aliphatic heterocycles. The summed E-state index contributed by atoms with van der Waals surface area (Å²) in [6.45, 7) is 4.33. The van der Waals surface area contributed by atoms with E-state index in [0.29, 0.717) is 22.6 Å². The number of anilines is 2. The van der Waals surface area contributed by atoms with Crippen molar-refractivity contribution in [1.29, 1.82) is 0 Å². The van der Waals surface area contributed by atoms with Gasteiger partial charge in [-0.15, -0.1) is 5.10 Å². The number of pyridine rings is 1. The van der Waals surface area contributed by atoms with Crippen molar-refractivity contribution >= 4 is 46.2 Å². The fraction of sp³-hybridized carbons (Fsp3) is 0.250. The number of carbonyl (C=O) groups excluding carboxylic acids is 2. The fourth-order valence-corrected chi connectivity index (χ4v) is 7.25. The summed E-state index contributed by atoms with van der Waals surface area (Å²) >= 11 is 6.17. The molecule has 0 saturated carbocycles. The molecule has 6 heterocycles. The van der Waals surface area contributed by atoms with Crippen LogP contribution in [-0.4, -0.2) is 81.4 Å². The predicted molar refractivity (Wildman–Crippen MR) is 212 cm³/mol. The van der Waals surface area contributed by atoms with Crippen molar-refractivity contribution in [1.82, 2.24) is 43.4 Å². The third kappa shape index (κ3) is 7.77. The Kier molecular flexibility index (Phi) is 10.5. The largest absolute Gasteiger partial charge is 0.485 e. The first-order valence-electron chi connectivity index (χ1n) is 18.5. The standard InChI is InChI=1S/C40H35ClF3N11O4/c1-3-30-34(52-15-17-53(18-16-52)37(57)33-35(24(2)46-23-47-33)59-22-25-7-5-4-6-8-25)38(58)55-39(49-36(50-55)26-11-13-51-14-12-45-31(51)19-26)54(30)21-32(56)48-29-10-9-27(20-28(29)41)40(42,43)44/h4-14,19-20,23H,3,15-18,21-22H2,1-2H3,(H,48,56). The van der Waals surface area contributed by atoms with Gasteiger partial charge in [0.1, 0.15) is 30.8 Å². The van der Waals surface area contributed by atoms with Gasteiger partial charge < -0.3 is 28.8 Å². The molecule has 2 aromatic carbocycles. The van der Waals surface area contributed by atoms with Crippen molar-refractivity contribution in [2.45, 2.75) is 39.6 Å². The molecule has 0 aliphatic carbocycles. The number of hydrogen-bond donors (Lipinski definition) is 1. The number of alkyl halides is 3. The van der Waals surface area contributed by atoms with Gasteiger partial charge in [0.25, 0.3) is 11.5 Å². The molecule has 5 aromatic heterocycles. The zero-order valence-electron chi connectivity index (χ0n) is 31.6. The zero-order chi connectivity index (χ0) is 41.4. The van der Waals surface area contributed by atoms with Crippen LogP contribution in [0.4, 0.5) is 24.5 Å². The van der Waals surface area contributed by atoms with Gasteiger partial charge in [0.05, 0.1) is 27.7 Å². The number of nitrogens with zero attached hydrogens (tertiary/aromatic N) is 10. The molecule has 1 N–H and O–H groups in total. The number of benzene rings is 2. The number of aromatic nitrogens is 8. The summed E-state index contributed by atoms with van der Waals surface area (Å²) in [6.07, 6.45) is 2.17. The first-order chi connectivity index (χ1) is 28.4. The third-order valence-electron chi connectivity index (χ3n) is 9.98. The Bertz CT molecular complexity index is 2780. The molecular formula is C40H35ClF3N11O4. The van der Waals surface area contributed by atoms with Crippen LogP contribution >= 0.6 is 11.6 Å². The van der Waals surface area contributed by atoms with E-state index in [1.54, 1.807) is 51.5 Å². The third-order valence-corrected chi connectivity index (χ3v) is 10.3. The first-order valence-corrected chi connectivity index (χ1v) is 18.9. The highest BCUT2D eigenvalue weighted by Crippen LogP contribution is 2.34. The molecule has 1 fully saturated rings. The average Bonchev–Trinajstić information content (AvgIpc) is 3.90. The van der Waals surface area contributed by atoms with Crippen LogP contribution < -0.4 is 20.5 Å². The molecular weight excluding hydrogens is 791 g/mol. The molecule has 0 bridgehead atoms. The maximum atomic E-state index is 14.5. The molecule has 7 aromatic rings. The molecule has 19 heteroatoms. The van der Waals surface area contributed by atoms with Crippen molar-refractivity contribution in [2.75, 3.05) is 36.4 Å². The number of fused-ring (bicyclic) bond motifs is 2. The zero-order valence-corrected chi connectivity index (χ0v) is 32.4. The number of imidazole rings is 1. The Morgan fingerprint density at radius 2 is 1.75 bits per heavy atom. The lowest BCUT2D eigenvalue weighted by Crippen LogP contribution is -2.51. The Balaban J connectivity index is 1.11. The summed E-state index contributed by atoms with van der Waals surface area (Å²) in [5.41, 5.74) is 2.00. The molecule has 1 saturated heterocycles. The molecule has 1 aliphatic rings. The van der Waals surface area contributed by atoms with Gasteiger partial charge in [0.2, 0.25) is 11.7 Å². The maximum absolute atomic E-state index is 14.5. The van der Waals surface area contributed by atoms with Gasteiger partial charge in [-0.3, -0.25) is 14.4 Å². The molecule has 8 rings (SSSR count). The van der Waals surface area contributed by atoms with Crippen LogP contribution in [0, 0.1) is 6.92 Å². The van der Waals surface area contributed by atoms with E-state index in [1.807, 2.05) is 42.2 Å². The highest BCUT2D eigenvalue weighted by atomic mass is 35.5. The van der Waals surface area contributed by atoms with Crippen molar-refractivity contribution in [2.24, 2.45) is 0 Å². The minimum Gasteiger partial charge on any atom is -0.485 e. The molecule has 0 unspecified atom stereocenters. The van der Waals surface area contributed by atoms with E-state index >= 15 is 0 Å². The smallest absolute Gasteiger partial charge is 0.416 e. The minimum atomic E-state index is -4.62. The predicted octanol–water partition coefficient (Wildman–Crippen LogP) is 5.72. The maximum Gasteiger partial charge on any atom is 0.416 e. The van der Waals surface area contributed by atoms with Crippen molar-refractivity contribution in [3.63, 3.8) is 0 Å². The number of aryl methyl sites for hydroxylation is 1. The van der Waals surface area contributed by atoms with E-state index in [0.717, 1.165) is 28.3 Å². The van der Waals surface area contributed by atoms with E-state index in [-0.39, 0.29) is 84.6 Å². The van der Waals surface area contributed by atoms with Crippen LogP contribution in [0.5, 0.6) is 5.75 Å². The molecule has 0 atom stereocenters. The van der Waals surface area contributed by atoms with Gasteiger partial charge in [-0.2, -0.15) is 22.7 Å². The fourth-order valence-electron chi connectivity index (χ4n) is 7.03. The average molecular weight is 826 g/mol. The van der Waals surface area contributed by atoms with Crippen molar-refractivity contribution in [3.05, 3.63) is 129 Å². The number of piperazine rings is 1. The van der Waals surface area contributed by atoms with Crippen molar-refractivity contribution < 1.29 is 27.5 Å². The summed E-state index contributed by atoms with van der Waals surface area (Å²) < 4.78 is 50.5. The molecule has 302 valence electrons. The van der Waals surface area contributed by atoms with Crippen LogP contribution in [0.1, 0.15) is 39.9 Å². The van der Waals surface area contributed by atoms with Gasteiger partial charge in [0.15, 0.2) is 17.3 Å². The second-order valence-corrected chi connectivity index (χ2v) is 14.1. The lowest BCUT2D eigenvalue weighted by Gasteiger charge is -2.36. The SMILES string of the molecule is CCc1c(N2CCN(C(=O)c3ncnc(C)c3OCc3ccccc3)CC2)c(=O)n2nc(-c3ccn4ccnc4c3)nc2n1CC(=O)Nc1ccc(C(F)(F)F)cc1Cl. The van der Waals surface area contributed by atoms with Gasteiger partial charge in [0, 0.05) is 50.3 Å². The van der Waals surface area contributed by atoms with Crippen LogP contribution in [0.15, 0.2) is 90.4 Å². The number of ether oxygens (including phenoxy) is 1. The topological polar surface area (TPSA) is 157 Å². The van der Waals surface area contributed by atoms with E-state index < -0.39 is 29.8 Å². The van der Waals surface area contributed by atoms with E-state index in [1.165, 1.54) is 6.33 Å². The van der Waals surface area contributed by atoms with Crippen LogP contribution in [-0.2, 0) is 30.5 Å². The van der Waals surface area contributed by atoms with Gasteiger partial charge in [-0.25, -0.2) is 15.0 Å². The lowest BCUT2D eigenvalue weighted by atomic mass is 10.2. The van der Waals surface area contributed by atoms with Gasteiger partial charge >= 0.3 is 6.18 Å². The summed E-state index contributed by atoms with van der Waals surface area (Å²) in [5.74, 6) is -0.431. The monoisotopic (exact) mass is 825 g/mol. The van der Waals surface area contributed by atoms with Crippen LogP contribution in [0.2, 0.25) is 5.02 Å². The van der Waals surface area contributed by atoms with Crippen LogP contribution in [0.3, 0.4) is 0 Å². The first kappa shape index (κ1) is 39.0. The molecule has 2 amide bonds. The highest BCUT2D eigenvalue weighted by molar-refractivity contribution is 6.33. The Morgan fingerprint density at radius 1 is 0.966 bits per heavy atom. The summed E-state index contributed by atoms with van der Waals surface area (Å²) in [4.78, 5) is 63.2. The summed E-state index contributed by atoms with van der Waals surface area (Å²) in [7, 11) is 0. The number of rotatable bonds is 10. The number of amides is 2. The molecule has 0 radical (unpaired) electrons. The second kappa shape index (κ2) is 15.8. The number of nitrogens with one attached hydrogen (secondary N) is 1. The van der Waals surface area contributed by atoms with E-state index in [2.05, 4.69) is 25.4 Å². The quantitative estimate of drug-likeness (QED) is 0.181. The molecule has 15 nitrogen and oxygen atoms in total. The highest BCUT2D eigenvalue weighted by Gasteiger charge is 2.33. The number of halogens is 4. The lowest BCUT2D eigenvalue weighted by molar-refractivity contribution is -0.137. The number of carbonyl (C=O) groups is 2. The normalized spacial score (nSPS) is 13.3. The Morgan fingerprint density at radius 3 is 2.47 bits per heavy atom. The van der Waals surface area contributed by atoms with Gasteiger partial charge in [-0.1, -0.05) is 48.9 Å². The summed E-state index contributed by atoms with van der Waals surface area (Å²) in [6, 6.07) is 15.7. The summed E-state index contributed by atoms with van der Waals surface area (Å²) in [5, 5.41) is 6.90. The number of hydrogen-bond acceptors (Lipinski definition) is 10. The second-order valence-electron chi connectivity index (χ2n) is 13.7. The van der Waals surface area contributed by atoms with E-state index in [9.17, 15) is 27.6 Å². The van der Waals surface area contributed by atoms with Crippen LogP contribution in [0.25, 0.3) is 22.8 Å². The van der Waals surface area contributed by atoms with Crippen molar-refractivity contribution in [3.8, 4) is 17.1 Å². The van der Waals surface area contributed by atoms with Gasteiger partial charge in [-0.05, 0) is 49.2 Å².